The van der Waals surface area contributed by atoms with E-state index in [1.54, 1.807) is 9.80 Å². The van der Waals surface area contributed by atoms with E-state index in [4.69, 9.17) is 10.6 Å². The van der Waals surface area contributed by atoms with E-state index in [9.17, 15) is 14.4 Å². The predicted octanol–water partition coefficient (Wildman–Crippen LogP) is -0.575. The van der Waals surface area contributed by atoms with Crippen molar-refractivity contribution >= 4 is 17.7 Å². The average Bonchev–Trinajstić information content (AvgIpc) is 2.60. The van der Waals surface area contributed by atoms with Crippen molar-refractivity contribution in [3.05, 3.63) is 29.8 Å². The van der Waals surface area contributed by atoms with Crippen LogP contribution < -0.4 is 16.0 Å². The summed E-state index contributed by atoms with van der Waals surface area (Å²) in [4.78, 5) is 38.4. The molecule has 130 valence electrons. The van der Waals surface area contributed by atoms with Crippen molar-refractivity contribution < 1.29 is 19.1 Å². The molecule has 0 unspecified atom stereocenters. The first-order chi connectivity index (χ1) is 11.5. The monoisotopic (exact) mass is 334 g/mol. The molecule has 0 atom stereocenters. The molecule has 1 saturated heterocycles. The van der Waals surface area contributed by atoms with Gasteiger partial charge in [0.15, 0.2) is 6.61 Å². The first-order valence-electron chi connectivity index (χ1n) is 7.74. The number of para-hydroxylation sites is 1. The minimum absolute atomic E-state index is 0.0334. The summed E-state index contributed by atoms with van der Waals surface area (Å²) in [5, 5.41) is 0. The molecule has 1 aliphatic heterocycles. The molecule has 3 N–H and O–H groups in total. The molecule has 0 aliphatic carbocycles. The van der Waals surface area contributed by atoms with Crippen LogP contribution in [0.4, 0.5) is 0 Å². The molecule has 2 rings (SSSR count). The summed E-state index contributed by atoms with van der Waals surface area (Å²) >= 11 is 0. The molecule has 1 fully saturated rings. The highest BCUT2D eigenvalue weighted by molar-refractivity contribution is 5.96. The van der Waals surface area contributed by atoms with Crippen molar-refractivity contribution in [1.82, 2.24) is 15.2 Å². The molecular weight excluding hydrogens is 312 g/mol. The molecule has 1 aromatic carbocycles. The summed E-state index contributed by atoms with van der Waals surface area (Å²) in [6.45, 7) is 3.52. The molecule has 3 amide bonds. The van der Waals surface area contributed by atoms with Gasteiger partial charge in [0.2, 0.25) is 11.8 Å². The van der Waals surface area contributed by atoms with Gasteiger partial charge in [0.25, 0.3) is 5.91 Å². The Balaban J connectivity index is 1.77. The van der Waals surface area contributed by atoms with Crippen molar-refractivity contribution in [1.29, 1.82) is 0 Å². The second-order valence-electron chi connectivity index (χ2n) is 5.56. The number of aryl methyl sites for hydroxylation is 1. The lowest BCUT2D eigenvalue weighted by Gasteiger charge is -2.34. The fourth-order valence-electron chi connectivity index (χ4n) is 2.45. The molecule has 0 bridgehead atoms. The third-order valence-electron chi connectivity index (χ3n) is 3.90. The van der Waals surface area contributed by atoms with Crippen molar-refractivity contribution in [3.8, 4) is 5.75 Å². The molecular formula is C16H22N4O4. The Hall–Kier alpha value is -2.61. The van der Waals surface area contributed by atoms with Crippen LogP contribution in [0.25, 0.3) is 0 Å². The Kier molecular flexibility index (Phi) is 6.14. The number of hydrogen-bond acceptors (Lipinski definition) is 5. The minimum Gasteiger partial charge on any atom is -0.484 e. The first-order valence-corrected chi connectivity index (χ1v) is 7.74. The molecule has 0 saturated carbocycles. The third kappa shape index (κ3) is 4.69. The quantitative estimate of drug-likeness (QED) is 0.325. The maximum absolute atomic E-state index is 12.2. The first kappa shape index (κ1) is 17.7. The van der Waals surface area contributed by atoms with Gasteiger partial charge in [-0.2, -0.15) is 0 Å². The topological polar surface area (TPSA) is 105 Å². The van der Waals surface area contributed by atoms with Gasteiger partial charge in [-0.1, -0.05) is 18.2 Å². The molecule has 0 aromatic heterocycles. The number of nitrogens with one attached hydrogen (secondary N) is 1. The summed E-state index contributed by atoms with van der Waals surface area (Å²) in [7, 11) is 0. The van der Waals surface area contributed by atoms with Gasteiger partial charge < -0.3 is 14.5 Å². The summed E-state index contributed by atoms with van der Waals surface area (Å²) < 4.78 is 5.55. The molecule has 1 heterocycles. The number of hydrogen-bond donors (Lipinski definition) is 2. The van der Waals surface area contributed by atoms with Crippen LogP contribution in [0.5, 0.6) is 5.75 Å². The smallest absolute Gasteiger partial charge is 0.260 e. The van der Waals surface area contributed by atoms with Gasteiger partial charge in [-0.25, -0.2) is 5.84 Å². The Morgan fingerprint density at radius 2 is 1.67 bits per heavy atom. The average molecular weight is 334 g/mol. The van der Waals surface area contributed by atoms with Gasteiger partial charge in [-0.15, -0.1) is 0 Å². The number of piperazine rings is 1. The van der Waals surface area contributed by atoms with E-state index in [-0.39, 0.29) is 24.8 Å². The van der Waals surface area contributed by atoms with E-state index in [0.29, 0.717) is 31.9 Å². The Labute approximate surface area is 140 Å². The number of amides is 3. The van der Waals surface area contributed by atoms with E-state index < -0.39 is 5.91 Å². The number of benzene rings is 1. The standard InChI is InChI=1S/C16H22N4O4/c1-12-4-2-3-5-13(12)24-11-16(23)20-8-6-19(7-9-20)15(22)10-14(21)18-17/h2-5H,6-11,17H2,1H3,(H,18,21). The minimum atomic E-state index is -0.523. The maximum atomic E-state index is 12.2. The summed E-state index contributed by atoms with van der Waals surface area (Å²) in [6.07, 6.45) is -0.277. The summed E-state index contributed by atoms with van der Waals surface area (Å²) in [5.41, 5.74) is 2.90. The van der Waals surface area contributed by atoms with Gasteiger partial charge in [-0.3, -0.25) is 19.8 Å². The van der Waals surface area contributed by atoms with Gasteiger partial charge in [0, 0.05) is 26.2 Å². The molecule has 8 nitrogen and oxygen atoms in total. The lowest BCUT2D eigenvalue weighted by molar-refractivity contribution is -0.142. The third-order valence-corrected chi connectivity index (χ3v) is 3.90. The second kappa shape index (κ2) is 8.30. The number of rotatable bonds is 5. The zero-order valence-electron chi connectivity index (χ0n) is 13.7. The lowest BCUT2D eigenvalue weighted by Crippen LogP contribution is -2.52. The SMILES string of the molecule is Cc1ccccc1OCC(=O)N1CCN(C(=O)CC(=O)NN)CC1. The predicted molar refractivity (Wildman–Crippen MR) is 86.8 cm³/mol. The van der Waals surface area contributed by atoms with Gasteiger partial charge >= 0.3 is 0 Å². The highest BCUT2D eigenvalue weighted by atomic mass is 16.5. The summed E-state index contributed by atoms with van der Waals surface area (Å²) in [5.74, 6) is 4.72. The Morgan fingerprint density at radius 3 is 2.25 bits per heavy atom. The zero-order chi connectivity index (χ0) is 17.5. The van der Waals surface area contributed by atoms with Gasteiger partial charge in [0.05, 0.1) is 0 Å². The second-order valence-corrected chi connectivity index (χ2v) is 5.56. The number of carbonyl (C=O) groups excluding carboxylic acids is 3. The van der Waals surface area contributed by atoms with Crippen molar-refractivity contribution in [2.45, 2.75) is 13.3 Å². The number of nitrogens with zero attached hydrogens (tertiary/aromatic N) is 2. The lowest BCUT2D eigenvalue weighted by atomic mass is 10.2. The van der Waals surface area contributed by atoms with Crippen LogP contribution in [-0.2, 0) is 14.4 Å². The van der Waals surface area contributed by atoms with Crippen molar-refractivity contribution in [3.63, 3.8) is 0 Å². The normalized spacial score (nSPS) is 14.2. The van der Waals surface area contributed by atoms with E-state index in [1.807, 2.05) is 36.6 Å². The van der Waals surface area contributed by atoms with E-state index in [2.05, 4.69) is 0 Å². The molecule has 24 heavy (non-hydrogen) atoms. The molecule has 1 aromatic rings. The fraction of sp³-hybridized carbons (Fsp3) is 0.438. The largest absolute Gasteiger partial charge is 0.484 e. The Bertz CT molecular complexity index is 612. The van der Waals surface area contributed by atoms with Crippen molar-refractivity contribution in [2.24, 2.45) is 5.84 Å². The highest BCUT2D eigenvalue weighted by Crippen LogP contribution is 2.16. The van der Waals surface area contributed by atoms with E-state index >= 15 is 0 Å². The Morgan fingerprint density at radius 1 is 1.08 bits per heavy atom. The summed E-state index contributed by atoms with van der Waals surface area (Å²) in [6, 6.07) is 7.50. The molecule has 8 heteroatoms. The van der Waals surface area contributed by atoms with Crippen LogP contribution in [0.3, 0.4) is 0 Å². The van der Waals surface area contributed by atoms with Crippen LogP contribution in [0.15, 0.2) is 24.3 Å². The van der Waals surface area contributed by atoms with Crippen LogP contribution in [0, 0.1) is 6.92 Å². The fourth-order valence-corrected chi connectivity index (χ4v) is 2.45. The van der Waals surface area contributed by atoms with E-state index in [1.165, 1.54) is 0 Å². The van der Waals surface area contributed by atoms with Crippen LogP contribution >= 0.6 is 0 Å². The highest BCUT2D eigenvalue weighted by Gasteiger charge is 2.25. The van der Waals surface area contributed by atoms with Gasteiger partial charge in [-0.05, 0) is 18.6 Å². The molecule has 1 aliphatic rings. The number of hydrazine groups is 1. The number of ether oxygens (including phenoxy) is 1. The van der Waals surface area contributed by atoms with Crippen LogP contribution in [0.1, 0.15) is 12.0 Å². The van der Waals surface area contributed by atoms with Crippen LogP contribution in [0.2, 0.25) is 0 Å². The molecule has 0 radical (unpaired) electrons. The maximum Gasteiger partial charge on any atom is 0.260 e. The molecule has 0 spiro atoms. The zero-order valence-corrected chi connectivity index (χ0v) is 13.7. The van der Waals surface area contributed by atoms with E-state index in [0.717, 1.165) is 5.56 Å². The number of nitrogens with two attached hydrogens (primary N) is 1. The van der Waals surface area contributed by atoms with Gasteiger partial charge in [0.1, 0.15) is 12.2 Å². The van der Waals surface area contributed by atoms with Crippen LogP contribution in [-0.4, -0.2) is 60.3 Å². The van der Waals surface area contributed by atoms with Crippen molar-refractivity contribution in [2.75, 3.05) is 32.8 Å². The number of carbonyl (C=O) groups is 3.